The van der Waals surface area contributed by atoms with Crippen LogP contribution in [0.15, 0.2) is 18.2 Å². The molecule has 1 aromatic rings. The largest absolute Gasteiger partial charge is 0.379 e. The highest BCUT2D eigenvalue weighted by molar-refractivity contribution is 5.29. The van der Waals surface area contributed by atoms with E-state index in [1.807, 2.05) is 20.8 Å². The molecule has 0 amide bonds. The molecule has 0 atom stereocenters. The Morgan fingerprint density at radius 1 is 1.33 bits per heavy atom. The van der Waals surface area contributed by atoms with Crippen molar-refractivity contribution in [1.29, 1.82) is 0 Å². The van der Waals surface area contributed by atoms with E-state index in [-0.39, 0.29) is 5.56 Å². The predicted molar refractivity (Wildman–Crippen MR) is 71.2 cm³/mol. The third-order valence-electron chi connectivity index (χ3n) is 2.65. The monoisotopic (exact) mass is 259 g/mol. The molecule has 2 rings (SSSR count). The van der Waals surface area contributed by atoms with Crippen LogP contribution in [0.5, 0.6) is 0 Å². The van der Waals surface area contributed by atoms with Crippen molar-refractivity contribution in [3.8, 4) is 0 Å². The predicted octanol–water partition coefficient (Wildman–Crippen LogP) is 2.96. The summed E-state index contributed by atoms with van der Waals surface area (Å²) in [6, 6.07) is 4.14. The number of nitrogens with zero attached hydrogens (tertiary/aromatic N) is 1. The average molecular weight is 259 g/mol. The second-order valence-electron chi connectivity index (χ2n) is 5.18. The third-order valence-corrected chi connectivity index (χ3v) is 2.65. The molecule has 18 heavy (non-hydrogen) atoms. The molecule has 1 saturated heterocycles. The van der Waals surface area contributed by atoms with Crippen molar-refractivity contribution in [3.63, 3.8) is 0 Å². The first-order chi connectivity index (χ1) is 11.4. The lowest BCUT2D eigenvalue weighted by atomic mass is 9.86. The van der Waals surface area contributed by atoms with Crippen LogP contribution in [0.1, 0.15) is 42.9 Å². The lowest BCUT2D eigenvalue weighted by molar-refractivity contribution is 0.0341. The number of benzene rings is 1. The van der Waals surface area contributed by atoms with Gasteiger partial charge in [-0.1, -0.05) is 32.9 Å². The lowest BCUT2D eigenvalue weighted by Crippen LogP contribution is -2.35. The van der Waals surface area contributed by atoms with Gasteiger partial charge in [-0.05, 0) is 22.6 Å². The highest BCUT2D eigenvalue weighted by Crippen LogP contribution is 2.25. The van der Waals surface area contributed by atoms with E-state index in [1.165, 1.54) is 12.1 Å². The summed E-state index contributed by atoms with van der Waals surface area (Å²) >= 11 is 0. The number of morpholine rings is 1. The number of rotatable bonds is 2. The van der Waals surface area contributed by atoms with Crippen molar-refractivity contribution in [1.82, 2.24) is 4.90 Å². The van der Waals surface area contributed by atoms with Gasteiger partial charge in [-0.25, -0.2) is 4.39 Å². The van der Waals surface area contributed by atoms with Gasteiger partial charge in [0.25, 0.3) is 0 Å². The fourth-order valence-corrected chi connectivity index (χ4v) is 1.74. The van der Waals surface area contributed by atoms with E-state index >= 15 is 0 Å². The molecule has 1 heterocycles. The Bertz CT molecular complexity index is 675. The van der Waals surface area contributed by atoms with E-state index in [4.69, 9.17) is 11.0 Å². The van der Waals surface area contributed by atoms with Crippen LogP contribution in [0.2, 0.25) is 0 Å². The van der Waals surface area contributed by atoms with Gasteiger partial charge in [-0.15, -0.1) is 0 Å². The number of halogens is 1. The van der Waals surface area contributed by atoms with E-state index in [0.29, 0.717) is 10.5 Å². The van der Waals surface area contributed by atoms with Crippen LogP contribution in [0.4, 0.5) is 4.39 Å². The molecule has 0 unspecified atom stereocenters. The highest BCUT2D eigenvalue weighted by Gasteiger charge is 2.19. The maximum Gasteiger partial charge on any atom is 0.127 e. The molecule has 0 aromatic heterocycles. The molecule has 2 nitrogen and oxygen atoms in total. The first kappa shape index (κ1) is 6.49. The highest BCUT2D eigenvalue weighted by atomic mass is 19.1. The quantitative estimate of drug-likeness (QED) is 0.809. The van der Waals surface area contributed by atoms with Gasteiger partial charge in [-0.3, -0.25) is 4.90 Å². The van der Waals surface area contributed by atoms with Crippen molar-refractivity contribution in [2.75, 3.05) is 26.1 Å². The molecule has 1 aromatic carbocycles. The molecule has 1 fully saturated rings. The van der Waals surface area contributed by atoms with Crippen LogP contribution in [-0.4, -0.2) is 31.0 Å². The minimum absolute atomic E-state index is 0.191. The molecule has 1 aliphatic rings. The van der Waals surface area contributed by atoms with E-state index in [9.17, 15) is 4.39 Å². The molecular formula is C15H22FNO. The summed E-state index contributed by atoms with van der Waals surface area (Å²) in [7, 11) is 0. The summed E-state index contributed by atoms with van der Waals surface area (Å²) in [5.41, 5.74) is 0.163. The van der Waals surface area contributed by atoms with E-state index in [1.54, 1.807) is 0 Å². The lowest BCUT2D eigenvalue weighted by Gasteiger charge is -2.27. The van der Waals surface area contributed by atoms with Gasteiger partial charge in [0.15, 0.2) is 0 Å². The van der Waals surface area contributed by atoms with Crippen LogP contribution in [0.3, 0.4) is 0 Å². The van der Waals surface area contributed by atoms with Gasteiger partial charge in [-0.2, -0.15) is 0 Å². The maximum absolute atomic E-state index is 14.4. The van der Waals surface area contributed by atoms with Gasteiger partial charge in [0, 0.05) is 25.0 Å². The Morgan fingerprint density at radius 2 is 2.00 bits per heavy atom. The third kappa shape index (κ3) is 3.30. The summed E-state index contributed by atoms with van der Waals surface area (Å²) in [6.07, 6.45) is 0. The molecule has 0 aliphatic carbocycles. The molecule has 100 valence electrons. The zero-order valence-corrected chi connectivity index (χ0v) is 10.7. The van der Waals surface area contributed by atoms with Crippen LogP contribution in [0, 0.1) is 5.82 Å². The normalized spacial score (nSPS) is 35.8. The topological polar surface area (TPSA) is 12.5 Å². The number of hydrogen-bond donors (Lipinski definition) is 0. The fourth-order valence-electron chi connectivity index (χ4n) is 1.74. The van der Waals surface area contributed by atoms with E-state index < -0.39 is 43.9 Å². The van der Waals surface area contributed by atoms with Crippen molar-refractivity contribution in [2.45, 2.75) is 32.7 Å². The van der Waals surface area contributed by atoms with Crippen molar-refractivity contribution in [3.05, 3.63) is 35.1 Å². The molecular weight excluding hydrogens is 229 g/mol. The molecule has 0 saturated carbocycles. The Morgan fingerprint density at radius 3 is 2.56 bits per heavy atom. The standard InChI is InChI=1S/C15H22FNO/c1-15(2,3)13-5-4-12(10-14(13)16)11-17-6-8-18-9-7-17/h4-5,10H,6-9,11H2,1-3H3/i6D2,7D2,8D2,9D2. The van der Waals surface area contributed by atoms with Crippen LogP contribution < -0.4 is 0 Å². The first-order valence-corrected chi connectivity index (χ1v) is 5.70. The van der Waals surface area contributed by atoms with E-state index in [0.717, 1.165) is 6.07 Å². The smallest absolute Gasteiger partial charge is 0.127 e. The van der Waals surface area contributed by atoms with Gasteiger partial charge in [0.2, 0.25) is 0 Å². The molecule has 3 heteroatoms. The Balaban J connectivity index is 2.47. The summed E-state index contributed by atoms with van der Waals surface area (Å²) in [5, 5.41) is 0. The Kier molecular flexibility index (Phi) is 1.93. The zero-order chi connectivity index (χ0) is 20.3. The van der Waals surface area contributed by atoms with E-state index in [2.05, 4.69) is 4.74 Å². The molecule has 0 radical (unpaired) electrons. The molecule has 1 aliphatic heterocycles. The van der Waals surface area contributed by atoms with Gasteiger partial charge in [0.05, 0.1) is 18.6 Å². The Hall–Kier alpha value is -0.930. The molecule has 0 N–H and O–H groups in total. The van der Waals surface area contributed by atoms with Crippen LogP contribution in [-0.2, 0) is 16.7 Å². The summed E-state index contributed by atoms with van der Waals surface area (Å²) in [5.74, 6) is -0.546. The summed E-state index contributed by atoms with van der Waals surface area (Å²) < 4.78 is 81.3. The minimum atomic E-state index is -3.11. The van der Waals surface area contributed by atoms with Crippen molar-refractivity contribution < 1.29 is 20.1 Å². The van der Waals surface area contributed by atoms with Crippen LogP contribution >= 0.6 is 0 Å². The number of ether oxygens (including phenoxy) is 1. The SMILES string of the molecule is [2H]C1([2H])OC([2H])([2H])C([2H])([2H])N(Cc2ccc(C(C)(C)C)c(F)c2)C1([2H])[2H]. The van der Waals surface area contributed by atoms with Gasteiger partial charge < -0.3 is 4.74 Å². The van der Waals surface area contributed by atoms with Crippen molar-refractivity contribution >= 4 is 0 Å². The molecule has 0 spiro atoms. The summed E-state index contributed by atoms with van der Waals surface area (Å²) in [6.45, 7) is -7.24. The first-order valence-electron chi connectivity index (χ1n) is 9.70. The maximum atomic E-state index is 14.4. The van der Waals surface area contributed by atoms with Crippen molar-refractivity contribution in [2.24, 2.45) is 0 Å². The zero-order valence-electron chi connectivity index (χ0n) is 18.7. The summed E-state index contributed by atoms with van der Waals surface area (Å²) in [4.78, 5) is 0.398. The van der Waals surface area contributed by atoms with Crippen LogP contribution in [0.25, 0.3) is 0 Å². The minimum Gasteiger partial charge on any atom is -0.379 e. The number of hydrogen-bond acceptors (Lipinski definition) is 2. The second kappa shape index (κ2) is 5.37. The second-order valence-corrected chi connectivity index (χ2v) is 5.18. The van der Waals surface area contributed by atoms with Gasteiger partial charge >= 0.3 is 0 Å². The average Bonchev–Trinajstić information content (AvgIpc) is 2.40. The fraction of sp³-hybridized carbons (Fsp3) is 0.600. The van der Waals surface area contributed by atoms with Gasteiger partial charge in [0.1, 0.15) is 5.82 Å². The molecule has 0 bridgehead atoms. The Labute approximate surface area is 120 Å².